The molecule has 5 atom stereocenters. The Morgan fingerprint density at radius 3 is 2.46 bits per heavy atom. The van der Waals surface area contributed by atoms with Crippen LogP contribution in [0.1, 0.15) is 50.7 Å². The third kappa shape index (κ3) is 3.43. The van der Waals surface area contributed by atoms with E-state index in [4.69, 9.17) is 10.5 Å². The number of Topliss-reactive ketones (excluding diaryl/α,β-unsaturated/α-hetero) is 2. The van der Waals surface area contributed by atoms with Crippen LogP contribution in [0.4, 0.5) is 0 Å². The van der Waals surface area contributed by atoms with Crippen LogP contribution in [0.3, 0.4) is 0 Å². The molecule has 0 unspecified atom stereocenters. The number of carbonyl (C=O) groups excluding carboxylic acids is 4. The summed E-state index contributed by atoms with van der Waals surface area (Å²) < 4.78 is 5.75. The first kappa shape index (κ1) is 24.5. The molecule has 186 valence electrons. The van der Waals surface area contributed by atoms with Gasteiger partial charge in [0.25, 0.3) is 5.91 Å². The second-order valence-electron chi connectivity index (χ2n) is 9.79. The fourth-order valence-corrected chi connectivity index (χ4v) is 5.61. The second-order valence-corrected chi connectivity index (χ2v) is 9.79. The zero-order valence-corrected chi connectivity index (χ0v) is 19.4. The Bertz CT molecular complexity index is 1230. The zero-order chi connectivity index (χ0) is 26.0. The summed E-state index contributed by atoms with van der Waals surface area (Å²) in [4.78, 5) is 51.1. The van der Waals surface area contributed by atoms with Crippen molar-refractivity contribution in [2.45, 2.75) is 51.2 Å². The van der Waals surface area contributed by atoms with Gasteiger partial charge in [-0.25, -0.2) is 0 Å². The van der Waals surface area contributed by atoms with Gasteiger partial charge in [-0.15, -0.1) is 0 Å². The molecule has 0 saturated heterocycles. The van der Waals surface area contributed by atoms with Gasteiger partial charge in [0.2, 0.25) is 5.78 Å². The molecular weight excluding hydrogens is 458 g/mol. The predicted octanol–water partition coefficient (Wildman–Crippen LogP) is 1.55. The number of carbonyl (C=O) groups is 4. The van der Waals surface area contributed by atoms with E-state index in [0.717, 1.165) is 0 Å². The van der Waals surface area contributed by atoms with Crippen molar-refractivity contribution in [1.29, 1.82) is 0 Å². The largest absolute Gasteiger partial charge is 0.508 e. The van der Waals surface area contributed by atoms with Crippen LogP contribution in [-0.4, -0.2) is 55.6 Å². The van der Waals surface area contributed by atoms with Gasteiger partial charge in [-0.1, -0.05) is 32.9 Å². The lowest BCUT2D eigenvalue weighted by molar-refractivity contribution is -0.179. The molecule has 1 aromatic rings. The monoisotopic (exact) mass is 485 g/mol. The summed E-state index contributed by atoms with van der Waals surface area (Å²) in [5.74, 6) is -9.39. The number of aliphatic hydroxyl groups is 3. The highest BCUT2D eigenvalue weighted by Crippen LogP contribution is 2.56. The van der Waals surface area contributed by atoms with Gasteiger partial charge in [0.05, 0.1) is 5.56 Å². The minimum absolute atomic E-state index is 0.00139. The minimum atomic E-state index is -2.86. The Hall–Kier alpha value is -3.66. The van der Waals surface area contributed by atoms with Crippen molar-refractivity contribution in [2.75, 3.05) is 0 Å². The van der Waals surface area contributed by atoms with Crippen LogP contribution in [0, 0.1) is 17.8 Å². The Kier molecular flexibility index (Phi) is 5.75. The molecular formula is C25H27NO9. The fourth-order valence-electron chi connectivity index (χ4n) is 5.61. The van der Waals surface area contributed by atoms with Gasteiger partial charge >= 0.3 is 5.97 Å². The molecule has 1 fully saturated rings. The molecule has 3 aliphatic carbocycles. The summed E-state index contributed by atoms with van der Waals surface area (Å²) in [6, 6.07) is 4.51. The SMILES string of the molecule is CC(C)CC(=O)O[C@H]1[C@H]2C(=C(O)c3c(O)cccc3[C@@H]2C)C(=O)[C@]2(O)C(O)=C(C(N)=O)C(=O)C[C@H]12. The number of nitrogens with two attached hydrogens (primary N) is 1. The molecule has 35 heavy (non-hydrogen) atoms. The maximum absolute atomic E-state index is 13.7. The number of hydrogen-bond acceptors (Lipinski definition) is 9. The summed E-state index contributed by atoms with van der Waals surface area (Å²) >= 11 is 0. The highest BCUT2D eigenvalue weighted by Gasteiger charge is 2.66. The van der Waals surface area contributed by atoms with Crippen molar-refractivity contribution in [3.63, 3.8) is 0 Å². The average Bonchev–Trinajstić information content (AvgIpc) is 2.75. The lowest BCUT2D eigenvalue weighted by Gasteiger charge is -2.51. The first-order valence-corrected chi connectivity index (χ1v) is 11.3. The quantitative estimate of drug-likeness (QED) is 0.312. The molecule has 10 nitrogen and oxygen atoms in total. The summed E-state index contributed by atoms with van der Waals surface area (Å²) in [7, 11) is 0. The molecule has 0 spiro atoms. The van der Waals surface area contributed by atoms with Crippen molar-refractivity contribution < 1.29 is 44.3 Å². The topological polar surface area (TPSA) is 184 Å². The molecule has 10 heteroatoms. The Morgan fingerprint density at radius 2 is 1.86 bits per heavy atom. The number of phenols is 1. The first-order chi connectivity index (χ1) is 16.3. The lowest BCUT2D eigenvalue weighted by Crippen LogP contribution is -2.64. The summed E-state index contributed by atoms with van der Waals surface area (Å²) in [5, 5.41) is 43.9. The Labute approximate surface area is 200 Å². The number of phenolic OH excluding ortho intramolecular Hbond substituents is 1. The zero-order valence-electron chi connectivity index (χ0n) is 19.4. The highest BCUT2D eigenvalue weighted by atomic mass is 16.5. The van der Waals surface area contributed by atoms with Gasteiger partial charge in [0.1, 0.15) is 28.9 Å². The van der Waals surface area contributed by atoms with Gasteiger partial charge in [-0.2, -0.15) is 0 Å². The molecule has 1 saturated carbocycles. The molecule has 4 rings (SSSR count). The third-order valence-electron chi connectivity index (χ3n) is 7.18. The molecule has 0 heterocycles. The maximum Gasteiger partial charge on any atom is 0.306 e. The summed E-state index contributed by atoms with van der Waals surface area (Å²) in [6.07, 6.45) is -1.93. The fraction of sp³-hybridized carbons (Fsp3) is 0.440. The Morgan fingerprint density at radius 1 is 1.20 bits per heavy atom. The average molecular weight is 485 g/mol. The predicted molar refractivity (Wildman–Crippen MR) is 121 cm³/mol. The number of fused-ring (bicyclic) bond motifs is 3. The number of ether oxygens (including phenoxy) is 1. The van der Waals surface area contributed by atoms with Crippen LogP contribution in [0.15, 0.2) is 35.1 Å². The first-order valence-electron chi connectivity index (χ1n) is 11.3. The number of amides is 1. The molecule has 0 aliphatic heterocycles. The lowest BCUT2D eigenvalue weighted by atomic mass is 9.55. The molecule has 3 aliphatic rings. The maximum atomic E-state index is 13.7. The van der Waals surface area contributed by atoms with E-state index in [1.807, 2.05) is 0 Å². The number of ketones is 2. The van der Waals surface area contributed by atoms with Gasteiger partial charge < -0.3 is 30.9 Å². The van der Waals surface area contributed by atoms with Crippen LogP contribution < -0.4 is 5.73 Å². The van der Waals surface area contributed by atoms with E-state index in [-0.39, 0.29) is 29.2 Å². The molecule has 6 N–H and O–H groups in total. The Balaban J connectivity index is 2.00. The number of primary amides is 1. The van der Waals surface area contributed by atoms with Crippen molar-refractivity contribution in [3.8, 4) is 5.75 Å². The van der Waals surface area contributed by atoms with Crippen molar-refractivity contribution >= 4 is 29.2 Å². The van der Waals surface area contributed by atoms with E-state index >= 15 is 0 Å². The van der Waals surface area contributed by atoms with E-state index in [1.165, 1.54) is 6.07 Å². The summed E-state index contributed by atoms with van der Waals surface area (Å²) in [5.41, 5.74) is 1.51. The summed E-state index contributed by atoms with van der Waals surface area (Å²) in [6.45, 7) is 5.28. The molecule has 1 amide bonds. The number of hydrogen-bond donors (Lipinski definition) is 5. The number of aliphatic hydroxyl groups excluding tert-OH is 2. The van der Waals surface area contributed by atoms with Crippen LogP contribution in [0.2, 0.25) is 0 Å². The van der Waals surface area contributed by atoms with Gasteiger partial charge in [0.15, 0.2) is 11.4 Å². The van der Waals surface area contributed by atoms with E-state index in [0.29, 0.717) is 5.56 Å². The van der Waals surface area contributed by atoms with Crippen molar-refractivity contribution in [1.82, 2.24) is 0 Å². The second kappa shape index (κ2) is 8.23. The normalized spacial score (nSPS) is 30.1. The van der Waals surface area contributed by atoms with E-state index in [9.17, 15) is 39.6 Å². The number of rotatable bonds is 4. The standard InChI is InChI=1S/C25H27NO9/c1-9(2)7-15(29)35-21-12-8-14(28)18(24(26)33)22(31)25(12,34)23(32)19-16(21)10(3)11-5-4-6-13(27)17(11)20(19)30/h4-6,9-10,12,16,21,27,30-31,34H,7-8H2,1-3H3,(H2,26,33)/t10-,12+,16+,21+,25+/m0/s1. The van der Waals surface area contributed by atoms with Crippen LogP contribution in [0.5, 0.6) is 5.75 Å². The van der Waals surface area contributed by atoms with Crippen molar-refractivity contribution in [3.05, 3.63) is 46.2 Å². The number of esters is 1. The van der Waals surface area contributed by atoms with E-state index < -0.39 is 76.4 Å². The molecule has 0 radical (unpaired) electrons. The van der Waals surface area contributed by atoms with Crippen LogP contribution in [0.25, 0.3) is 5.76 Å². The molecule has 1 aromatic carbocycles. The van der Waals surface area contributed by atoms with E-state index in [2.05, 4.69) is 0 Å². The number of benzene rings is 1. The van der Waals surface area contributed by atoms with Crippen molar-refractivity contribution in [2.24, 2.45) is 23.5 Å². The smallest absolute Gasteiger partial charge is 0.306 e. The van der Waals surface area contributed by atoms with Crippen LogP contribution in [-0.2, 0) is 23.9 Å². The van der Waals surface area contributed by atoms with E-state index in [1.54, 1.807) is 32.9 Å². The van der Waals surface area contributed by atoms with Gasteiger partial charge in [-0.05, 0) is 23.5 Å². The highest BCUT2D eigenvalue weighted by molar-refractivity contribution is 6.23. The van der Waals surface area contributed by atoms with Crippen LogP contribution >= 0.6 is 0 Å². The molecule has 0 aromatic heterocycles. The number of aromatic hydroxyl groups is 1. The minimum Gasteiger partial charge on any atom is -0.508 e. The van der Waals surface area contributed by atoms with Gasteiger partial charge in [-0.3, -0.25) is 19.2 Å². The third-order valence-corrected chi connectivity index (χ3v) is 7.18. The molecule has 0 bridgehead atoms. The van der Waals surface area contributed by atoms with Gasteiger partial charge in [0, 0.05) is 30.3 Å².